The Morgan fingerprint density at radius 1 is 1.53 bits per heavy atom. The highest BCUT2D eigenvalue weighted by molar-refractivity contribution is 9.09. The molecule has 0 bridgehead atoms. The van der Waals surface area contributed by atoms with Crippen LogP contribution in [-0.2, 0) is 4.79 Å². The molecule has 0 aliphatic carbocycles. The zero-order chi connectivity index (χ0) is 12.2. The summed E-state index contributed by atoms with van der Waals surface area (Å²) in [5.41, 5.74) is 1.58. The molecular weight excluding hydrogens is 286 g/mol. The molecule has 2 aliphatic rings. The Morgan fingerprint density at radius 3 is 3.00 bits per heavy atom. The summed E-state index contributed by atoms with van der Waals surface area (Å²) in [5.74, 6) is 0.749. The Labute approximate surface area is 107 Å². The molecule has 0 spiro atoms. The third kappa shape index (κ3) is 1.36. The average Bonchev–Trinajstić information content (AvgIpc) is 2.71. The lowest BCUT2D eigenvalue weighted by Gasteiger charge is -2.25. The van der Waals surface area contributed by atoms with Gasteiger partial charge in [0.15, 0.2) is 0 Å². The third-order valence-electron chi connectivity index (χ3n) is 3.31. The quantitative estimate of drug-likeness (QED) is 0.783. The summed E-state index contributed by atoms with van der Waals surface area (Å²) < 4.78 is 1.73. The first kappa shape index (κ1) is 10.8. The van der Waals surface area contributed by atoms with Gasteiger partial charge in [0.25, 0.3) is 5.56 Å². The number of amides is 1. The molecule has 1 amide bonds. The Morgan fingerprint density at radius 2 is 2.29 bits per heavy atom. The summed E-state index contributed by atoms with van der Waals surface area (Å²) in [6, 6.07) is 1.85. The number of alkyl halides is 1. The minimum atomic E-state index is -0.00722. The summed E-state index contributed by atoms with van der Waals surface area (Å²) in [5, 5.41) is 3.74. The van der Waals surface area contributed by atoms with Crippen molar-refractivity contribution in [3.63, 3.8) is 0 Å². The van der Waals surface area contributed by atoms with Crippen molar-refractivity contribution >= 4 is 33.3 Å². The molecule has 5 nitrogen and oxygen atoms in total. The molecular formula is C11H12BrN3O2. The maximum Gasteiger partial charge on any atom is 0.255 e. The number of nitrogens with one attached hydrogen (secondary N) is 1. The van der Waals surface area contributed by atoms with E-state index < -0.39 is 0 Å². The maximum atomic E-state index is 12.2. The zero-order valence-electron chi connectivity index (χ0n) is 9.36. The number of carbonyl (C=O) groups excluding carboxylic acids is 1. The number of nitrogens with zero attached hydrogens (tertiary/aromatic N) is 2. The van der Waals surface area contributed by atoms with Gasteiger partial charge < -0.3 is 5.32 Å². The number of anilines is 2. The van der Waals surface area contributed by atoms with Crippen molar-refractivity contribution in [2.45, 2.75) is 13.0 Å². The van der Waals surface area contributed by atoms with E-state index in [0.29, 0.717) is 24.0 Å². The van der Waals surface area contributed by atoms with Gasteiger partial charge in [-0.1, -0.05) is 15.9 Å². The lowest BCUT2D eigenvalue weighted by atomic mass is 10.2. The number of aryl methyl sites for hydroxylation is 1. The van der Waals surface area contributed by atoms with Gasteiger partial charge in [0.1, 0.15) is 5.82 Å². The minimum Gasteiger partial charge on any atom is -0.373 e. The molecule has 0 saturated carbocycles. The van der Waals surface area contributed by atoms with Gasteiger partial charge in [0.05, 0.1) is 18.3 Å². The Hall–Kier alpha value is -1.30. The van der Waals surface area contributed by atoms with Gasteiger partial charge in [-0.05, 0) is 13.0 Å². The normalized spacial score (nSPS) is 21.4. The smallest absolute Gasteiger partial charge is 0.255 e. The molecule has 0 radical (unpaired) electrons. The van der Waals surface area contributed by atoms with Crippen LogP contribution >= 0.6 is 15.9 Å². The highest BCUT2D eigenvalue weighted by Gasteiger charge is 2.37. The third-order valence-corrected chi connectivity index (χ3v) is 4.06. The first-order chi connectivity index (χ1) is 8.13. The van der Waals surface area contributed by atoms with Gasteiger partial charge in [-0.2, -0.15) is 0 Å². The monoisotopic (exact) mass is 297 g/mol. The topological polar surface area (TPSA) is 54.3 Å². The second kappa shape index (κ2) is 3.60. The van der Waals surface area contributed by atoms with E-state index in [0.717, 1.165) is 11.5 Å². The number of aromatic nitrogens is 1. The number of hydrogen-bond donors (Lipinski definition) is 1. The number of hydrogen-bond acceptors (Lipinski definition) is 3. The predicted molar refractivity (Wildman–Crippen MR) is 69.1 cm³/mol. The van der Waals surface area contributed by atoms with Crippen LogP contribution in [0, 0.1) is 6.92 Å². The molecule has 0 saturated heterocycles. The maximum absolute atomic E-state index is 12.2. The van der Waals surface area contributed by atoms with Crippen molar-refractivity contribution < 1.29 is 4.79 Å². The lowest BCUT2D eigenvalue weighted by Crippen LogP contribution is -2.39. The SMILES string of the molecule is Cc1cc2c3n(c1=O)C(CBr)CN3C(=O)CN2. The molecule has 0 fully saturated rings. The van der Waals surface area contributed by atoms with Gasteiger partial charge in [0.2, 0.25) is 5.91 Å². The van der Waals surface area contributed by atoms with Crippen molar-refractivity contribution in [1.29, 1.82) is 0 Å². The summed E-state index contributed by atoms with van der Waals surface area (Å²) in [6.45, 7) is 2.69. The van der Waals surface area contributed by atoms with Crippen LogP contribution in [0.1, 0.15) is 11.6 Å². The summed E-state index contributed by atoms with van der Waals surface area (Å²) in [6.07, 6.45) is 0. The Bertz CT molecular complexity index is 567. The molecule has 2 aliphatic heterocycles. The van der Waals surface area contributed by atoms with Crippen molar-refractivity contribution in [1.82, 2.24) is 4.57 Å². The van der Waals surface area contributed by atoms with Crippen LogP contribution in [0.2, 0.25) is 0 Å². The summed E-state index contributed by atoms with van der Waals surface area (Å²) in [7, 11) is 0. The Balaban J connectivity index is 2.31. The fraction of sp³-hybridized carbons (Fsp3) is 0.455. The van der Waals surface area contributed by atoms with Crippen LogP contribution in [0.3, 0.4) is 0 Å². The fourth-order valence-electron chi connectivity index (χ4n) is 2.49. The molecule has 1 N–H and O–H groups in total. The van der Waals surface area contributed by atoms with E-state index in [1.165, 1.54) is 0 Å². The molecule has 90 valence electrons. The second-order valence-corrected chi connectivity index (χ2v) is 5.05. The van der Waals surface area contributed by atoms with Crippen LogP contribution < -0.4 is 15.8 Å². The molecule has 1 aromatic heterocycles. The van der Waals surface area contributed by atoms with E-state index in [-0.39, 0.29) is 17.5 Å². The van der Waals surface area contributed by atoms with Crippen LogP contribution in [-0.4, -0.2) is 28.9 Å². The van der Waals surface area contributed by atoms with Crippen molar-refractivity contribution in [3.8, 4) is 0 Å². The van der Waals surface area contributed by atoms with E-state index in [2.05, 4.69) is 21.2 Å². The van der Waals surface area contributed by atoms with Crippen LogP contribution in [0.4, 0.5) is 11.5 Å². The van der Waals surface area contributed by atoms with Crippen molar-refractivity contribution in [2.75, 3.05) is 28.6 Å². The molecule has 0 aromatic carbocycles. The summed E-state index contributed by atoms with van der Waals surface area (Å²) in [4.78, 5) is 25.7. The minimum absolute atomic E-state index is 0.00722. The molecule has 1 aromatic rings. The second-order valence-electron chi connectivity index (χ2n) is 4.41. The van der Waals surface area contributed by atoms with Gasteiger partial charge in [-0.3, -0.25) is 19.1 Å². The number of carbonyl (C=O) groups is 1. The first-order valence-electron chi connectivity index (χ1n) is 5.50. The largest absolute Gasteiger partial charge is 0.373 e. The average molecular weight is 298 g/mol. The van der Waals surface area contributed by atoms with E-state index in [1.54, 1.807) is 16.4 Å². The number of halogens is 1. The number of pyridine rings is 1. The highest BCUT2D eigenvalue weighted by Crippen LogP contribution is 2.37. The lowest BCUT2D eigenvalue weighted by molar-refractivity contribution is -0.117. The van der Waals surface area contributed by atoms with Gasteiger partial charge in [0, 0.05) is 17.4 Å². The van der Waals surface area contributed by atoms with E-state index in [1.807, 2.05) is 6.07 Å². The van der Waals surface area contributed by atoms with Gasteiger partial charge >= 0.3 is 0 Å². The molecule has 3 rings (SSSR count). The molecule has 1 unspecified atom stereocenters. The van der Waals surface area contributed by atoms with E-state index in [9.17, 15) is 9.59 Å². The Kier molecular flexibility index (Phi) is 2.29. The molecule has 3 heterocycles. The van der Waals surface area contributed by atoms with E-state index >= 15 is 0 Å². The van der Waals surface area contributed by atoms with E-state index in [4.69, 9.17) is 0 Å². The molecule has 6 heteroatoms. The van der Waals surface area contributed by atoms with Crippen molar-refractivity contribution in [2.24, 2.45) is 0 Å². The highest BCUT2D eigenvalue weighted by atomic mass is 79.9. The van der Waals surface area contributed by atoms with Crippen LogP contribution in [0.25, 0.3) is 0 Å². The van der Waals surface area contributed by atoms with Crippen molar-refractivity contribution in [3.05, 3.63) is 22.0 Å². The fourth-order valence-corrected chi connectivity index (χ4v) is 2.98. The first-order valence-corrected chi connectivity index (χ1v) is 6.62. The molecule has 17 heavy (non-hydrogen) atoms. The van der Waals surface area contributed by atoms with Gasteiger partial charge in [-0.25, -0.2) is 0 Å². The van der Waals surface area contributed by atoms with Gasteiger partial charge in [-0.15, -0.1) is 0 Å². The standard InChI is InChI=1S/C11H12BrN3O2/c1-6-2-8-10-14(9(16)4-13-8)5-7(3-12)15(10)11(6)17/h2,7,13H,3-5H2,1H3. The number of rotatable bonds is 1. The predicted octanol–water partition coefficient (Wildman–Crippen LogP) is 0.865. The molecule has 1 atom stereocenters. The zero-order valence-corrected chi connectivity index (χ0v) is 11.0. The summed E-state index contributed by atoms with van der Waals surface area (Å²) >= 11 is 3.41. The van der Waals surface area contributed by atoms with Crippen LogP contribution in [0.15, 0.2) is 10.9 Å². The van der Waals surface area contributed by atoms with Crippen LogP contribution in [0.5, 0.6) is 0 Å².